The molecule has 1 rings (SSSR count). The van der Waals surface area contributed by atoms with Crippen molar-refractivity contribution in [2.24, 2.45) is 5.92 Å². The van der Waals surface area contributed by atoms with Gasteiger partial charge in [-0.15, -0.1) is 0 Å². The van der Waals surface area contributed by atoms with Crippen LogP contribution in [0.5, 0.6) is 0 Å². The standard InChI is InChI=1S/C14H18O3/c1-9(2)10(3)13(15)11-5-7-12(8-6-11)14(16)17-4/h5-8,10,13,15H,1H2,2-4H3/t10-,13-/m0/s1. The van der Waals surface area contributed by atoms with E-state index in [0.29, 0.717) is 5.56 Å². The molecule has 92 valence electrons. The van der Waals surface area contributed by atoms with Gasteiger partial charge in [0.25, 0.3) is 0 Å². The summed E-state index contributed by atoms with van der Waals surface area (Å²) in [5.74, 6) is -0.391. The maximum absolute atomic E-state index is 11.2. The molecule has 0 spiro atoms. The van der Waals surface area contributed by atoms with E-state index in [1.165, 1.54) is 7.11 Å². The van der Waals surface area contributed by atoms with Crippen LogP contribution in [0.25, 0.3) is 0 Å². The van der Waals surface area contributed by atoms with Gasteiger partial charge in [0.2, 0.25) is 0 Å². The molecule has 0 bridgehead atoms. The molecule has 0 aromatic heterocycles. The maximum atomic E-state index is 11.2. The van der Waals surface area contributed by atoms with E-state index in [2.05, 4.69) is 11.3 Å². The van der Waals surface area contributed by atoms with Gasteiger partial charge in [-0.3, -0.25) is 0 Å². The fourth-order valence-electron chi connectivity index (χ4n) is 1.49. The lowest BCUT2D eigenvalue weighted by molar-refractivity contribution is 0.0600. The van der Waals surface area contributed by atoms with Crippen LogP contribution in [0, 0.1) is 5.92 Å². The van der Waals surface area contributed by atoms with E-state index in [0.717, 1.165) is 11.1 Å². The summed E-state index contributed by atoms with van der Waals surface area (Å²) < 4.78 is 4.61. The Balaban J connectivity index is 2.87. The zero-order chi connectivity index (χ0) is 13.0. The molecule has 0 saturated heterocycles. The number of aliphatic hydroxyl groups excluding tert-OH is 1. The molecule has 0 aliphatic carbocycles. The van der Waals surface area contributed by atoms with E-state index in [4.69, 9.17) is 0 Å². The van der Waals surface area contributed by atoms with E-state index in [1.807, 2.05) is 13.8 Å². The summed E-state index contributed by atoms with van der Waals surface area (Å²) >= 11 is 0. The average Bonchev–Trinajstić information content (AvgIpc) is 2.36. The second-order valence-electron chi connectivity index (χ2n) is 4.19. The van der Waals surface area contributed by atoms with Gasteiger partial charge in [-0.2, -0.15) is 0 Å². The molecule has 0 aliphatic heterocycles. The number of ether oxygens (including phenoxy) is 1. The van der Waals surface area contributed by atoms with Gasteiger partial charge in [-0.25, -0.2) is 4.79 Å². The molecule has 0 fully saturated rings. The molecule has 0 saturated carbocycles. The number of esters is 1. The van der Waals surface area contributed by atoms with Crippen molar-refractivity contribution >= 4 is 5.97 Å². The van der Waals surface area contributed by atoms with Gasteiger partial charge in [0.05, 0.1) is 18.8 Å². The molecule has 1 aromatic rings. The molecule has 17 heavy (non-hydrogen) atoms. The largest absolute Gasteiger partial charge is 0.465 e. The highest BCUT2D eigenvalue weighted by atomic mass is 16.5. The Labute approximate surface area is 102 Å². The number of hydrogen-bond donors (Lipinski definition) is 1. The van der Waals surface area contributed by atoms with Crippen molar-refractivity contribution in [3.63, 3.8) is 0 Å². The van der Waals surface area contributed by atoms with E-state index in [-0.39, 0.29) is 11.9 Å². The molecule has 0 heterocycles. The summed E-state index contributed by atoms with van der Waals surface area (Å²) in [6, 6.07) is 6.76. The molecule has 1 aromatic carbocycles. The Hall–Kier alpha value is -1.61. The zero-order valence-electron chi connectivity index (χ0n) is 10.4. The molecule has 3 nitrogen and oxygen atoms in total. The zero-order valence-corrected chi connectivity index (χ0v) is 10.4. The predicted molar refractivity (Wildman–Crippen MR) is 66.7 cm³/mol. The number of carbonyl (C=O) groups is 1. The first-order valence-corrected chi connectivity index (χ1v) is 5.49. The molecule has 0 amide bonds. The SMILES string of the molecule is C=C(C)[C@H](C)[C@H](O)c1ccc(C(=O)OC)cc1. The highest BCUT2D eigenvalue weighted by Gasteiger charge is 2.17. The van der Waals surface area contributed by atoms with Gasteiger partial charge in [0.15, 0.2) is 0 Å². The Morgan fingerprint density at radius 1 is 1.35 bits per heavy atom. The Morgan fingerprint density at radius 3 is 2.29 bits per heavy atom. The highest BCUT2D eigenvalue weighted by molar-refractivity contribution is 5.89. The first kappa shape index (κ1) is 13.5. The quantitative estimate of drug-likeness (QED) is 0.643. The van der Waals surface area contributed by atoms with Crippen LogP contribution in [0.1, 0.15) is 35.9 Å². The molecule has 0 radical (unpaired) electrons. The minimum Gasteiger partial charge on any atom is -0.465 e. The summed E-state index contributed by atoms with van der Waals surface area (Å²) in [5.41, 5.74) is 2.18. The van der Waals surface area contributed by atoms with Gasteiger partial charge >= 0.3 is 5.97 Å². The second-order valence-corrected chi connectivity index (χ2v) is 4.19. The van der Waals surface area contributed by atoms with Crippen LogP contribution in [0.3, 0.4) is 0 Å². The molecule has 3 heteroatoms. The van der Waals surface area contributed by atoms with E-state index < -0.39 is 6.10 Å². The average molecular weight is 234 g/mol. The van der Waals surface area contributed by atoms with Crippen LogP contribution in [0.4, 0.5) is 0 Å². The Bertz CT molecular complexity index is 406. The minimum absolute atomic E-state index is 0.0148. The predicted octanol–water partition coefficient (Wildman–Crippen LogP) is 2.72. The topological polar surface area (TPSA) is 46.5 Å². The van der Waals surface area contributed by atoms with Crippen molar-refractivity contribution in [3.05, 3.63) is 47.5 Å². The third-order valence-corrected chi connectivity index (χ3v) is 2.92. The number of benzene rings is 1. The van der Waals surface area contributed by atoms with Gasteiger partial charge < -0.3 is 9.84 Å². The summed E-state index contributed by atoms with van der Waals surface area (Å²) in [4.78, 5) is 11.2. The monoisotopic (exact) mass is 234 g/mol. The van der Waals surface area contributed by atoms with Crippen molar-refractivity contribution in [2.75, 3.05) is 7.11 Å². The lowest BCUT2D eigenvalue weighted by atomic mass is 9.92. The van der Waals surface area contributed by atoms with E-state index in [9.17, 15) is 9.90 Å². The van der Waals surface area contributed by atoms with E-state index in [1.54, 1.807) is 24.3 Å². The highest BCUT2D eigenvalue weighted by Crippen LogP contribution is 2.26. The van der Waals surface area contributed by atoms with Gasteiger partial charge in [-0.05, 0) is 24.6 Å². The van der Waals surface area contributed by atoms with Crippen molar-refractivity contribution in [3.8, 4) is 0 Å². The summed E-state index contributed by atoms with van der Waals surface area (Å²) in [6.07, 6.45) is -0.598. The van der Waals surface area contributed by atoms with Crippen molar-refractivity contribution in [1.82, 2.24) is 0 Å². The van der Waals surface area contributed by atoms with Gasteiger partial charge in [0, 0.05) is 5.92 Å². The van der Waals surface area contributed by atoms with Gasteiger partial charge in [-0.1, -0.05) is 31.2 Å². The van der Waals surface area contributed by atoms with Crippen LogP contribution in [-0.2, 0) is 4.74 Å². The summed E-state index contributed by atoms with van der Waals surface area (Å²) in [5, 5.41) is 10.1. The Kier molecular flexibility index (Phi) is 4.46. The third kappa shape index (κ3) is 3.17. The van der Waals surface area contributed by atoms with Crippen molar-refractivity contribution in [2.45, 2.75) is 20.0 Å². The molecule has 2 atom stereocenters. The van der Waals surface area contributed by atoms with Crippen LogP contribution in [0.15, 0.2) is 36.4 Å². The lowest BCUT2D eigenvalue weighted by Gasteiger charge is -2.19. The van der Waals surface area contributed by atoms with Crippen LogP contribution in [0.2, 0.25) is 0 Å². The number of aliphatic hydroxyl groups is 1. The van der Waals surface area contributed by atoms with Crippen LogP contribution >= 0.6 is 0 Å². The van der Waals surface area contributed by atoms with Crippen molar-refractivity contribution < 1.29 is 14.6 Å². The fourth-order valence-corrected chi connectivity index (χ4v) is 1.49. The molecule has 1 N–H and O–H groups in total. The minimum atomic E-state index is -0.598. The van der Waals surface area contributed by atoms with Gasteiger partial charge in [0.1, 0.15) is 0 Å². The second kappa shape index (κ2) is 5.64. The normalized spacial score (nSPS) is 13.9. The smallest absolute Gasteiger partial charge is 0.337 e. The number of rotatable bonds is 4. The number of methoxy groups -OCH3 is 1. The molecule has 0 aliphatic rings. The van der Waals surface area contributed by atoms with Crippen molar-refractivity contribution in [1.29, 1.82) is 0 Å². The fraction of sp³-hybridized carbons (Fsp3) is 0.357. The summed E-state index contributed by atoms with van der Waals surface area (Å²) in [7, 11) is 1.34. The first-order chi connectivity index (χ1) is 7.97. The maximum Gasteiger partial charge on any atom is 0.337 e. The van der Waals surface area contributed by atoms with Crippen LogP contribution in [-0.4, -0.2) is 18.2 Å². The van der Waals surface area contributed by atoms with Crippen LogP contribution < -0.4 is 0 Å². The summed E-state index contributed by atoms with van der Waals surface area (Å²) in [6.45, 7) is 7.63. The number of carbonyl (C=O) groups excluding carboxylic acids is 1. The lowest BCUT2D eigenvalue weighted by Crippen LogP contribution is -2.10. The molecular weight excluding hydrogens is 216 g/mol. The molecular formula is C14H18O3. The third-order valence-electron chi connectivity index (χ3n) is 2.92. The Morgan fingerprint density at radius 2 is 1.88 bits per heavy atom. The number of hydrogen-bond acceptors (Lipinski definition) is 3. The molecule has 0 unspecified atom stereocenters. The first-order valence-electron chi connectivity index (χ1n) is 5.49. The van der Waals surface area contributed by atoms with E-state index >= 15 is 0 Å².